The molecule has 3 fully saturated rings. The highest BCUT2D eigenvalue weighted by Crippen LogP contribution is 2.40. The van der Waals surface area contributed by atoms with Gasteiger partial charge in [0.1, 0.15) is 35.9 Å². The second kappa shape index (κ2) is 25.8. The van der Waals surface area contributed by atoms with Crippen LogP contribution in [-0.4, -0.2) is 155 Å². The summed E-state index contributed by atoms with van der Waals surface area (Å²) in [4.78, 5) is 173. The third-order valence-electron chi connectivity index (χ3n) is 16.2. The van der Waals surface area contributed by atoms with Gasteiger partial charge in [0.25, 0.3) is 17.3 Å². The van der Waals surface area contributed by atoms with Gasteiger partial charge < -0.3 is 55.9 Å². The van der Waals surface area contributed by atoms with E-state index < -0.39 is 115 Å². The summed E-state index contributed by atoms with van der Waals surface area (Å²) in [6.45, 7) is 0.0744. The van der Waals surface area contributed by atoms with Crippen molar-refractivity contribution in [2.45, 2.75) is 107 Å². The molecule has 456 valence electrons. The zero-order valence-corrected chi connectivity index (χ0v) is 47.7. The van der Waals surface area contributed by atoms with Gasteiger partial charge in [-0.1, -0.05) is 18.2 Å². The number of nitrogens with two attached hydrogens (primary N) is 1. The SMILES string of the molecule is COC(=O)N1CCC2=CC[C@@H](C(=O)N[C@@H](CCC(N)=O)C(=O)N[C@@H](Cc3ccc(F)c(F)c3)C(=O)N3CCC(CCCc4ccc5c(c4)n(C)c(=O)n5C4CCC(=O)NC4=O)CC3)N2C(=O)[C@@H](NC(=O)c2cc3cc(C(=O)P(=O)(O)O)ccc3[nH]2)C1. The number of carbonyl (C=O) groups is 10. The molecule has 0 aliphatic carbocycles. The van der Waals surface area contributed by atoms with Crippen molar-refractivity contribution >= 4 is 88.4 Å². The normalized spacial score (nSPS) is 19.2. The number of aromatic amines is 1. The number of primary amides is 1. The molecule has 6 heterocycles. The molecule has 4 aliphatic heterocycles. The Balaban J connectivity index is 0.867. The smallest absolute Gasteiger partial charge is 0.409 e. The molecular formula is C57H64F2N11O15P. The summed E-state index contributed by atoms with van der Waals surface area (Å²) in [5, 5.41) is 10.4. The number of hydrogen-bond acceptors (Lipinski definition) is 13. The summed E-state index contributed by atoms with van der Waals surface area (Å²) in [6, 6.07) is 6.89. The van der Waals surface area contributed by atoms with Crippen LogP contribution in [0.3, 0.4) is 0 Å². The lowest BCUT2D eigenvalue weighted by molar-refractivity contribution is -0.141. The van der Waals surface area contributed by atoms with Gasteiger partial charge >= 0.3 is 19.4 Å². The molecule has 9 N–H and O–H groups in total. The lowest BCUT2D eigenvalue weighted by Crippen LogP contribution is -2.61. The van der Waals surface area contributed by atoms with Gasteiger partial charge in [0.2, 0.25) is 35.4 Å². The number of aromatic nitrogens is 3. The van der Waals surface area contributed by atoms with Crippen LogP contribution in [0, 0.1) is 17.6 Å². The molecule has 5 atom stereocenters. The minimum absolute atomic E-state index is 0.0346. The van der Waals surface area contributed by atoms with Crippen LogP contribution < -0.4 is 32.7 Å². The molecule has 9 amide bonds. The summed E-state index contributed by atoms with van der Waals surface area (Å²) >= 11 is 0. The van der Waals surface area contributed by atoms with Crippen molar-refractivity contribution in [1.82, 2.24) is 50.1 Å². The first-order valence-corrected chi connectivity index (χ1v) is 29.5. The highest BCUT2D eigenvalue weighted by atomic mass is 31.2. The number of nitrogens with zero attached hydrogens (tertiary/aromatic N) is 5. The topological polar surface area (TPSA) is 364 Å². The molecule has 86 heavy (non-hydrogen) atoms. The van der Waals surface area contributed by atoms with Crippen LogP contribution in [0.15, 0.2) is 77.2 Å². The van der Waals surface area contributed by atoms with E-state index in [2.05, 4.69) is 26.3 Å². The highest BCUT2D eigenvalue weighted by molar-refractivity contribution is 7.70. The average Bonchev–Trinajstić information content (AvgIpc) is 2.92. The van der Waals surface area contributed by atoms with Crippen LogP contribution >= 0.6 is 7.60 Å². The Labute approximate surface area is 488 Å². The number of methoxy groups -OCH3 is 1. The molecule has 0 spiro atoms. The summed E-state index contributed by atoms with van der Waals surface area (Å²) in [5.41, 5.74) is 6.13. The average molecular weight is 1210 g/mol. The number of benzene rings is 3. The van der Waals surface area contributed by atoms with E-state index in [1.54, 1.807) is 24.1 Å². The monoisotopic (exact) mass is 1210 g/mol. The van der Waals surface area contributed by atoms with E-state index in [1.165, 1.54) is 32.2 Å². The molecule has 3 saturated heterocycles. The number of imide groups is 1. The van der Waals surface area contributed by atoms with Crippen LogP contribution in [-0.2, 0) is 62.8 Å². The number of imidazole rings is 1. The van der Waals surface area contributed by atoms with Crippen LogP contribution in [0.25, 0.3) is 21.9 Å². The number of rotatable bonds is 19. The number of ether oxygens (including phenoxy) is 1. The molecule has 2 aromatic heterocycles. The Morgan fingerprint density at radius 3 is 2.29 bits per heavy atom. The summed E-state index contributed by atoms with van der Waals surface area (Å²) in [5.74, 6) is -8.01. The molecule has 0 radical (unpaired) electrons. The van der Waals surface area contributed by atoms with E-state index >= 15 is 0 Å². The zero-order chi connectivity index (χ0) is 61.9. The summed E-state index contributed by atoms with van der Waals surface area (Å²) in [7, 11) is -2.40. The molecule has 9 rings (SSSR count). The van der Waals surface area contributed by atoms with Crippen molar-refractivity contribution in [3.8, 4) is 0 Å². The number of halogens is 2. The maximum Gasteiger partial charge on any atom is 0.409 e. The van der Waals surface area contributed by atoms with Crippen molar-refractivity contribution in [2.24, 2.45) is 18.7 Å². The maximum absolute atomic E-state index is 14.7. The van der Waals surface area contributed by atoms with Gasteiger partial charge in [0, 0.05) is 74.5 Å². The van der Waals surface area contributed by atoms with E-state index in [9.17, 15) is 75.9 Å². The fourth-order valence-electron chi connectivity index (χ4n) is 11.6. The van der Waals surface area contributed by atoms with Gasteiger partial charge in [-0.05, 0) is 117 Å². The molecule has 0 bridgehead atoms. The molecule has 1 unspecified atom stereocenters. The first-order chi connectivity index (χ1) is 40.9. The van der Waals surface area contributed by atoms with Crippen LogP contribution in [0.5, 0.6) is 0 Å². The van der Waals surface area contributed by atoms with Crippen LogP contribution in [0.2, 0.25) is 0 Å². The number of aryl methyl sites for hydroxylation is 2. The number of nitrogens with one attached hydrogen (secondary N) is 5. The largest absolute Gasteiger partial charge is 0.453 e. The van der Waals surface area contributed by atoms with Gasteiger partial charge in [-0.3, -0.25) is 62.2 Å². The minimum Gasteiger partial charge on any atom is -0.453 e. The van der Waals surface area contributed by atoms with Crippen molar-refractivity contribution < 1.29 is 75.8 Å². The maximum atomic E-state index is 14.7. The fourth-order valence-corrected chi connectivity index (χ4v) is 12.1. The Morgan fingerprint density at radius 2 is 1.59 bits per heavy atom. The first kappa shape index (κ1) is 61.7. The summed E-state index contributed by atoms with van der Waals surface area (Å²) < 4.78 is 48.3. The lowest BCUT2D eigenvalue weighted by Gasteiger charge is -2.37. The van der Waals surface area contributed by atoms with Crippen molar-refractivity contribution in [3.05, 3.63) is 117 Å². The Bertz CT molecular complexity index is 3730. The van der Waals surface area contributed by atoms with E-state index in [0.717, 1.165) is 54.7 Å². The standard InChI is InChI=1S/C57H64F2N11O15P/c1-66-46-26-31(7-13-43(46)70(56(66)80)45-15-17-48(72)65-52(45)76)5-3-4-30-18-21-67(22-19-30)53(77)41(25-32-6-10-36(58)37(59)24-32)63-49(73)39(12-16-47(60)71)62-51(75)44-14-9-35-20-23-68(57(81)85-2)29-42(54(78)69(35)44)64-50(74)40-28-34-27-33(8-11-38(34)61-40)55(79)86(82,83)84/h6-11,13,24,26-28,30,39,41-42,44-45,61H,3-5,12,14-23,25,29H2,1-2H3,(H2,60,71)(H,62,75)(H,63,73)(H,64,74)(H,65,72,76)(H2,82,83,84)/t39-,41-,42-,44-,45?/m0/s1. The Morgan fingerprint density at radius 1 is 0.849 bits per heavy atom. The van der Waals surface area contributed by atoms with Crippen molar-refractivity contribution in [1.29, 1.82) is 0 Å². The van der Waals surface area contributed by atoms with Gasteiger partial charge in [0.15, 0.2) is 11.6 Å². The van der Waals surface area contributed by atoms with Gasteiger partial charge in [0.05, 0.1) is 24.7 Å². The molecule has 29 heteroatoms. The second-order valence-electron chi connectivity index (χ2n) is 21.9. The van der Waals surface area contributed by atoms with Crippen molar-refractivity contribution in [2.75, 3.05) is 33.3 Å². The molecule has 26 nitrogen and oxygen atoms in total. The number of carbonyl (C=O) groups excluding carboxylic acids is 10. The van der Waals surface area contributed by atoms with Crippen molar-refractivity contribution in [3.63, 3.8) is 0 Å². The number of hydrogen-bond donors (Lipinski definition) is 8. The molecule has 4 aliphatic rings. The third kappa shape index (κ3) is 13.6. The van der Waals surface area contributed by atoms with Gasteiger partial charge in [-0.2, -0.15) is 0 Å². The number of fused-ring (bicyclic) bond motifs is 3. The number of piperidine rings is 2. The van der Waals surface area contributed by atoms with Crippen LogP contribution in [0.4, 0.5) is 13.6 Å². The van der Waals surface area contributed by atoms with Gasteiger partial charge in [-0.25, -0.2) is 18.4 Å². The molecule has 0 saturated carbocycles. The third-order valence-corrected chi connectivity index (χ3v) is 17.0. The number of likely N-dealkylation sites (tertiary alicyclic amines) is 1. The summed E-state index contributed by atoms with van der Waals surface area (Å²) in [6.07, 6.45) is 3.28. The van der Waals surface area contributed by atoms with E-state index in [-0.39, 0.29) is 109 Å². The van der Waals surface area contributed by atoms with Gasteiger partial charge in [-0.15, -0.1) is 0 Å². The Hall–Kier alpha value is -8.88. The lowest BCUT2D eigenvalue weighted by atomic mass is 9.90. The predicted octanol–water partition coefficient (Wildman–Crippen LogP) is 2.19. The molecule has 3 aromatic carbocycles. The zero-order valence-electron chi connectivity index (χ0n) is 46.8. The van der Waals surface area contributed by atoms with E-state index in [4.69, 9.17) is 10.5 Å². The second-order valence-corrected chi connectivity index (χ2v) is 23.4. The Kier molecular flexibility index (Phi) is 18.5. The van der Waals surface area contributed by atoms with Crippen LogP contribution in [0.1, 0.15) is 102 Å². The fraction of sp³-hybridized carbons (Fsp3) is 0.421. The van der Waals surface area contributed by atoms with E-state index in [0.29, 0.717) is 30.3 Å². The minimum atomic E-state index is -5.15. The quantitative estimate of drug-likeness (QED) is 0.0434. The predicted molar refractivity (Wildman–Crippen MR) is 301 cm³/mol. The highest BCUT2D eigenvalue weighted by Gasteiger charge is 2.44. The number of H-pyrrole nitrogens is 1. The molecule has 5 aromatic rings. The molecular weight excluding hydrogens is 1150 g/mol. The first-order valence-electron chi connectivity index (χ1n) is 27.9. The number of amides is 9. The van der Waals surface area contributed by atoms with E-state index in [1.807, 2.05) is 12.1 Å².